The van der Waals surface area contributed by atoms with Gasteiger partial charge in [0.05, 0.1) is 35.9 Å². The van der Waals surface area contributed by atoms with E-state index in [0.29, 0.717) is 39.7 Å². The molecular weight excluding hydrogens is 466 g/mol. The van der Waals surface area contributed by atoms with Crippen LogP contribution in [0.4, 0.5) is 11.6 Å². The number of carbonyl (C=O) groups is 1. The highest BCUT2D eigenvalue weighted by Crippen LogP contribution is 2.34. The molecule has 2 fully saturated rings. The summed E-state index contributed by atoms with van der Waals surface area (Å²) in [5, 5.41) is 3.62. The lowest BCUT2D eigenvalue weighted by Crippen LogP contribution is -2.47. The predicted molar refractivity (Wildman–Crippen MR) is 133 cm³/mol. The number of amides is 1. The van der Waals surface area contributed by atoms with Crippen molar-refractivity contribution in [3.63, 3.8) is 0 Å². The van der Waals surface area contributed by atoms with E-state index in [1.165, 1.54) is 0 Å². The van der Waals surface area contributed by atoms with Crippen molar-refractivity contribution in [3.8, 4) is 17.1 Å². The third-order valence-corrected chi connectivity index (χ3v) is 7.15. The van der Waals surface area contributed by atoms with Crippen LogP contribution >= 0.6 is 11.6 Å². The molecule has 1 amide bonds. The van der Waals surface area contributed by atoms with Gasteiger partial charge in [0.2, 0.25) is 5.95 Å². The molecule has 0 saturated carbocycles. The summed E-state index contributed by atoms with van der Waals surface area (Å²) in [6.45, 7) is 1.70. The fraction of sp³-hybridized carbons (Fsp3) is 0.280. The lowest BCUT2D eigenvalue weighted by atomic mass is 10.1. The number of likely N-dealkylation sites (tertiary alicyclic amines) is 2. The second-order valence-corrected chi connectivity index (χ2v) is 9.35. The molecular formula is C25H24ClN7O2. The number of carbonyl (C=O) groups excluding carboxylic acids is 1. The van der Waals surface area contributed by atoms with Crippen LogP contribution in [0.5, 0.6) is 5.75 Å². The highest BCUT2D eigenvalue weighted by atomic mass is 35.5. The van der Waals surface area contributed by atoms with Gasteiger partial charge in [0.1, 0.15) is 17.1 Å². The van der Waals surface area contributed by atoms with E-state index in [2.05, 4.69) is 32.2 Å². The number of piperazine rings is 1. The number of ether oxygens (including phenoxy) is 1. The number of methoxy groups -OCH3 is 1. The molecule has 178 valence electrons. The summed E-state index contributed by atoms with van der Waals surface area (Å²) in [5.41, 5.74) is 3.37. The fourth-order valence-electron chi connectivity index (χ4n) is 5.04. The van der Waals surface area contributed by atoms with Crippen LogP contribution in [-0.2, 0) is 0 Å². The van der Waals surface area contributed by atoms with Gasteiger partial charge in [-0.1, -0.05) is 17.7 Å². The summed E-state index contributed by atoms with van der Waals surface area (Å²) >= 11 is 6.44. The molecule has 0 spiro atoms. The molecule has 0 radical (unpaired) electrons. The van der Waals surface area contributed by atoms with Gasteiger partial charge in [0, 0.05) is 36.9 Å². The summed E-state index contributed by atoms with van der Waals surface area (Å²) in [7, 11) is 3.70. The molecule has 4 aromatic rings. The monoisotopic (exact) mass is 489 g/mol. The molecule has 35 heavy (non-hydrogen) atoms. The zero-order chi connectivity index (χ0) is 24.1. The van der Waals surface area contributed by atoms with Gasteiger partial charge in [-0.05, 0) is 43.8 Å². The van der Waals surface area contributed by atoms with Crippen molar-refractivity contribution < 1.29 is 9.53 Å². The largest absolute Gasteiger partial charge is 0.495 e. The van der Waals surface area contributed by atoms with Gasteiger partial charge < -0.3 is 15.0 Å². The number of aromatic nitrogens is 4. The number of hydrogen-bond donors (Lipinski definition) is 1. The Bertz CT molecular complexity index is 1440. The maximum Gasteiger partial charge on any atom is 0.254 e. The summed E-state index contributed by atoms with van der Waals surface area (Å²) in [4.78, 5) is 30.9. The molecule has 5 heterocycles. The first kappa shape index (κ1) is 21.8. The van der Waals surface area contributed by atoms with E-state index < -0.39 is 0 Å². The summed E-state index contributed by atoms with van der Waals surface area (Å²) in [6.07, 6.45) is 6.24. The SMILES string of the molecule is COc1cc(C(=O)N2CC3CC2CN3C)ccc1Nc1ncc(Cl)c(-c2cnc3ccccn23)n1. The zero-order valence-corrected chi connectivity index (χ0v) is 20.1. The van der Waals surface area contributed by atoms with Gasteiger partial charge in [-0.3, -0.25) is 14.1 Å². The topological polar surface area (TPSA) is 87.9 Å². The van der Waals surface area contributed by atoms with E-state index in [1.807, 2.05) is 45.8 Å². The van der Waals surface area contributed by atoms with E-state index in [0.717, 1.165) is 30.9 Å². The van der Waals surface area contributed by atoms with Gasteiger partial charge in [-0.2, -0.15) is 0 Å². The minimum Gasteiger partial charge on any atom is -0.495 e. The van der Waals surface area contributed by atoms with Crippen molar-refractivity contribution in [2.75, 3.05) is 32.6 Å². The maximum atomic E-state index is 13.2. The second kappa shape index (κ2) is 8.51. The number of pyridine rings is 1. The van der Waals surface area contributed by atoms with Crippen LogP contribution in [0.1, 0.15) is 16.8 Å². The Morgan fingerprint density at radius 1 is 1.14 bits per heavy atom. The molecule has 0 aliphatic carbocycles. The van der Waals surface area contributed by atoms with Crippen LogP contribution in [-0.4, -0.2) is 74.4 Å². The summed E-state index contributed by atoms with van der Waals surface area (Å²) in [6, 6.07) is 11.9. The Morgan fingerprint density at radius 2 is 2.03 bits per heavy atom. The second-order valence-electron chi connectivity index (χ2n) is 8.94. The molecule has 9 nitrogen and oxygen atoms in total. The van der Waals surface area contributed by atoms with Crippen LogP contribution in [0.2, 0.25) is 5.02 Å². The minimum atomic E-state index is 0.0353. The van der Waals surface area contributed by atoms with Gasteiger partial charge in [-0.15, -0.1) is 0 Å². The van der Waals surface area contributed by atoms with E-state index in [-0.39, 0.29) is 11.9 Å². The number of anilines is 2. The Hall–Kier alpha value is -3.69. The van der Waals surface area contributed by atoms with E-state index in [1.54, 1.807) is 25.6 Å². The van der Waals surface area contributed by atoms with E-state index >= 15 is 0 Å². The average Bonchev–Trinajstić information content (AvgIpc) is 3.59. The Morgan fingerprint density at radius 3 is 2.80 bits per heavy atom. The normalized spacial score (nSPS) is 19.5. The number of hydrogen-bond acceptors (Lipinski definition) is 7. The van der Waals surface area contributed by atoms with Crippen LogP contribution < -0.4 is 10.1 Å². The highest BCUT2D eigenvalue weighted by Gasteiger charge is 2.43. The van der Waals surface area contributed by atoms with Crippen molar-refractivity contribution in [2.45, 2.75) is 18.5 Å². The Kier molecular flexibility index (Phi) is 5.31. The first-order valence-corrected chi connectivity index (χ1v) is 11.8. The molecule has 2 saturated heterocycles. The Balaban J connectivity index is 1.27. The molecule has 3 aromatic heterocycles. The fourth-order valence-corrected chi connectivity index (χ4v) is 5.23. The van der Waals surface area contributed by atoms with Crippen LogP contribution in [0.25, 0.3) is 17.0 Å². The summed E-state index contributed by atoms with van der Waals surface area (Å²) < 4.78 is 7.52. The van der Waals surface area contributed by atoms with E-state index in [4.69, 9.17) is 16.3 Å². The molecule has 1 aromatic carbocycles. The number of likely N-dealkylation sites (N-methyl/N-ethyl adjacent to an activating group) is 1. The maximum absolute atomic E-state index is 13.2. The minimum absolute atomic E-state index is 0.0353. The average molecular weight is 490 g/mol. The van der Waals surface area contributed by atoms with Gasteiger partial charge >= 0.3 is 0 Å². The highest BCUT2D eigenvalue weighted by molar-refractivity contribution is 6.32. The Labute approximate surface area is 207 Å². The molecule has 10 heteroatoms. The van der Waals surface area contributed by atoms with Gasteiger partial charge in [-0.25, -0.2) is 15.0 Å². The third kappa shape index (κ3) is 3.77. The van der Waals surface area contributed by atoms with Crippen molar-refractivity contribution in [1.82, 2.24) is 29.2 Å². The number of halogens is 1. The lowest BCUT2D eigenvalue weighted by Gasteiger charge is -2.32. The molecule has 2 atom stereocenters. The molecule has 2 aliphatic rings. The molecule has 2 bridgehead atoms. The van der Waals surface area contributed by atoms with Crippen molar-refractivity contribution in [2.24, 2.45) is 0 Å². The molecule has 2 unspecified atom stereocenters. The van der Waals surface area contributed by atoms with Crippen molar-refractivity contribution in [3.05, 3.63) is 65.6 Å². The van der Waals surface area contributed by atoms with Gasteiger partial charge in [0.15, 0.2) is 0 Å². The summed E-state index contributed by atoms with van der Waals surface area (Å²) in [5.74, 6) is 0.924. The van der Waals surface area contributed by atoms with Crippen LogP contribution in [0, 0.1) is 0 Å². The van der Waals surface area contributed by atoms with Crippen molar-refractivity contribution in [1.29, 1.82) is 0 Å². The lowest BCUT2D eigenvalue weighted by molar-refractivity contribution is 0.0650. The first-order chi connectivity index (χ1) is 17.0. The number of fused-ring (bicyclic) bond motifs is 3. The van der Waals surface area contributed by atoms with E-state index in [9.17, 15) is 4.79 Å². The third-order valence-electron chi connectivity index (χ3n) is 6.87. The number of nitrogens with one attached hydrogen (secondary N) is 1. The van der Waals surface area contributed by atoms with Crippen LogP contribution in [0.15, 0.2) is 55.0 Å². The van der Waals surface area contributed by atoms with Crippen molar-refractivity contribution >= 4 is 34.8 Å². The molecule has 1 N–H and O–H groups in total. The zero-order valence-electron chi connectivity index (χ0n) is 19.3. The standard InChI is InChI=1S/C25H24ClN7O2/c1-31-13-17-10-16(31)14-33(17)24(34)15-6-7-19(21(9-15)35-2)29-25-28-11-18(26)23(30-25)20-12-27-22-5-3-4-8-32(20)22/h3-9,11-12,16-17H,10,13-14H2,1-2H3,(H,28,29,30). The predicted octanol–water partition coefficient (Wildman–Crippen LogP) is 3.73. The number of nitrogens with zero attached hydrogens (tertiary/aromatic N) is 6. The van der Waals surface area contributed by atoms with Crippen LogP contribution in [0.3, 0.4) is 0 Å². The quantitative estimate of drug-likeness (QED) is 0.457. The molecule has 2 aliphatic heterocycles. The number of imidazole rings is 1. The number of benzene rings is 1. The van der Waals surface area contributed by atoms with Gasteiger partial charge in [0.25, 0.3) is 5.91 Å². The molecule has 6 rings (SSSR count). The smallest absolute Gasteiger partial charge is 0.254 e. The number of rotatable bonds is 5. The first-order valence-electron chi connectivity index (χ1n) is 11.4.